The first-order valence-corrected chi connectivity index (χ1v) is 3.99. The van der Waals surface area contributed by atoms with Crippen molar-refractivity contribution in [3.63, 3.8) is 0 Å². The van der Waals surface area contributed by atoms with Crippen molar-refractivity contribution in [2.45, 2.75) is 0 Å². The lowest BCUT2D eigenvalue weighted by Gasteiger charge is -2.16. The van der Waals surface area contributed by atoms with E-state index in [1.807, 2.05) is 30.3 Å². The van der Waals surface area contributed by atoms with Gasteiger partial charge in [0.05, 0.1) is 11.9 Å². The summed E-state index contributed by atoms with van der Waals surface area (Å²) in [5.74, 6) is 0. The molecule has 3 nitrogen and oxygen atoms in total. The Bertz CT molecular complexity index is 299. The topological polar surface area (TPSA) is 24.5 Å². The Balaban J connectivity index is 2.14. The number of rotatable bonds is 1. The highest BCUT2D eigenvalue weighted by atomic mass is 32.1. The summed E-state index contributed by atoms with van der Waals surface area (Å²) in [6.45, 7) is 0. The van der Waals surface area contributed by atoms with Crippen LogP contribution in [-0.2, 0) is 4.84 Å². The van der Waals surface area contributed by atoms with Crippen molar-refractivity contribution in [1.82, 2.24) is 5.43 Å². The van der Waals surface area contributed by atoms with Gasteiger partial charge in [-0.1, -0.05) is 18.2 Å². The summed E-state index contributed by atoms with van der Waals surface area (Å²) in [4.78, 5) is 5.19. The van der Waals surface area contributed by atoms with Crippen molar-refractivity contribution >= 4 is 18.3 Å². The summed E-state index contributed by atoms with van der Waals surface area (Å²) < 4.78 is 0. The van der Waals surface area contributed by atoms with Crippen LogP contribution in [0.25, 0.3) is 0 Å². The average molecular weight is 180 g/mol. The molecule has 0 bridgehead atoms. The van der Waals surface area contributed by atoms with Gasteiger partial charge in [0.2, 0.25) is 5.09 Å². The minimum Gasteiger partial charge on any atom is -0.351 e. The second-order valence-corrected chi connectivity index (χ2v) is 2.77. The lowest BCUT2D eigenvalue weighted by Crippen LogP contribution is -2.27. The molecule has 0 atom stereocenters. The van der Waals surface area contributed by atoms with Crippen molar-refractivity contribution in [2.24, 2.45) is 0 Å². The number of thiol groups is 1. The Kier molecular flexibility index (Phi) is 1.83. The normalized spacial score (nSPS) is 15.1. The molecular formula is C8H8N2OS. The van der Waals surface area contributed by atoms with Gasteiger partial charge in [0.15, 0.2) is 0 Å². The molecule has 0 spiro atoms. The van der Waals surface area contributed by atoms with E-state index in [0.717, 1.165) is 5.69 Å². The van der Waals surface area contributed by atoms with Crippen LogP contribution in [0.1, 0.15) is 0 Å². The van der Waals surface area contributed by atoms with Gasteiger partial charge in [-0.2, -0.15) is 0 Å². The van der Waals surface area contributed by atoms with Gasteiger partial charge in [-0.05, 0) is 12.1 Å². The largest absolute Gasteiger partial charge is 0.351 e. The molecule has 62 valence electrons. The van der Waals surface area contributed by atoms with Gasteiger partial charge in [0, 0.05) is 0 Å². The van der Waals surface area contributed by atoms with Gasteiger partial charge in [-0.25, -0.2) is 0 Å². The molecule has 1 aliphatic heterocycles. The van der Waals surface area contributed by atoms with Gasteiger partial charge in [0.1, 0.15) is 0 Å². The molecule has 1 aromatic rings. The van der Waals surface area contributed by atoms with Crippen LogP contribution in [0.15, 0.2) is 41.6 Å². The molecule has 1 aromatic carbocycles. The maximum absolute atomic E-state index is 5.19. The molecule has 2 rings (SSSR count). The zero-order valence-corrected chi connectivity index (χ0v) is 7.16. The third-order valence-electron chi connectivity index (χ3n) is 1.48. The molecule has 0 saturated carbocycles. The number of anilines is 1. The number of para-hydroxylation sites is 1. The monoisotopic (exact) mass is 180 g/mol. The van der Waals surface area contributed by atoms with Crippen molar-refractivity contribution in [3.05, 3.63) is 41.6 Å². The Morgan fingerprint density at radius 3 is 2.58 bits per heavy atom. The zero-order valence-electron chi connectivity index (χ0n) is 6.27. The first-order chi connectivity index (χ1) is 5.86. The van der Waals surface area contributed by atoms with Crippen LogP contribution in [0.4, 0.5) is 5.69 Å². The van der Waals surface area contributed by atoms with Crippen molar-refractivity contribution in [3.8, 4) is 0 Å². The van der Waals surface area contributed by atoms with Crippen LogP contribution in [0.3, 0.4) is 0 Å². The van der Waals surface area contributed by atoms with Crippen LogP contribution in [-0.4, -0.2) is 0 Å². The highest BCUT2D eigenvalue weighted by Crippen LogP contribution is 2.18. The zero-order chi connectivity index (χ0) is 8.39. The first kappa shape index (κ1) is 7.36. The lowest BCUT2D eigenvalue weighted by molar-refractivity contribution is 0.213. The lowest BCUT2D eigenvalue weighted by atomic mass is 10.3. The van der Waals surface area contributed by atoms with Crippen molar-refractivity contribution < 1.29 is 4.84 Å². The molecule has 0 aliphatic carbocycles. The smallest absolute Gasteiger partial charge is 0.205 e. The Morgan fingerprint density at radius 1 is 1.25 bits per heavy atom. The number of benzene rings is 1. The molecule has 0 fully saturated rings. The standard InChI is InChI=1S/C8H8N2OS/c12-8-6-9-10(11-8)7-4-2-1-3-5-7/h1-6,9,12H. The predicted octanol–water partition coefficient (Wildman–Crippen LogP) is 1.67. The van der Waals surface area contributed by atoms with Gasteiger partial charge in [0.25, 0.3) is 0 Å². The van der Waals surface area contributed by atoms with E-state index in [9.17, 15) is 0 Å². The third kappa shape index (κ3) is 1.33. The first-order valence-electron chi connectivity index (χ1n) is 3.55. The fraction of sp³-hybridized carbons (Fsp3) is 0. The van der Waals surface area contributed by atoms with Gasteiger partial charge >= 0.3 is 0 Å². The molecule has 1 N–H and O–H groups in total. The van der Waals surface area contributed by atoms with E-state index in [1.54, 1.807) is 11.4 Å². The number of hydrogen-bond donors (Lipinski definition) is 2. The quantitative estimate of drug-likeness (QED) is 0.643. The highest BCUT2D eigenvalue weighted by Gasteiger charge is 2.11. The van der Waals surface area contributed by atoms with E-state index in [4.69, 9.17) is 4.84 Å². The Morgan fingerprint density at radius 2 is 2.00 bits per heavy atom. The highest BCUT2D eigenvalue weighted by molar-refractivity contribution is 7.84. The van der Waals surface area contributed by atoms with E-state index in [-0.39, 0.29) is 0 Å². The Labute approximate surface area is 76.0 Å². The number of nitrogens with zero attached hydrogens (tertiary/aromatic N) is 1. The minimum absolute atomic E-state index is 0.554. The van der Waals surface area contributed by atoms with Gasteiger partial charge in [-0.15, -0.1) is 17.8 Å². The molecule has 12 heavy (non-hydrogen) atoms. The van der Waals surface area contributed by atoms with Crippen LogP contribution in [0.5, 0.6) is 0 Å². The molecule has 0 amide bonds. The molecular weight excluding hydrogens is 172 g/mol. The van der Waals surface area contributed by atoms with Gasteiger partial charge in [-0.3, -0.25) is 5.43 Å². The summed E-state index contributed by atoms with van der Waals surface area (Å²) in [5.41, 5.74) is 3.84. The van der Waals surface area contributed by atoms with Crippen molar-refractivity contribution in [2.75, 3.05) is 5.17 Å². The van der Waals surface area contributed by atoms with E-state index in [2.05, 4.69) is 18.1 Å². The summed E-state index contributed by atoms with van der Waals surface area (Å²) in [6.07, 6.45) is 1.68. The predicted molar refractivity (Wildman–Crippen MR) is 50.2 cm³/mol. The summed E-state index contributed by atoms with van der Waals surface area (Å²) >= 11 is 4.04. The second-order valence-electron chi connectivity index (χ2n) is 2.33. The van der Waals surface area contributed by atoms with Crippen LogP contribution >= 0.6 is 12.6 Å². The molecule has 0 aromatic heterocycles. The second kappa shape index (κ2) is 2.98. The summed E-state index contributed by atoms with van der Waals surface area (Å²) in [7, 11) is 0. The van der Waals surface area contributed by atoms with E-state index in [1.165, 1.54) is 0 Å². The average Bonchev–Trinajstić information content (AvgIpc) is 2.54. The molecule has 0 radical (unpaired) electrons. The van der Waals surface area contributed by atoms with Crippen LogP contribution in [0.2, 0.25) is 0 Å². The van der Waals surface area contributed by atoms with Crippen LogP contribution in [0, 0.1) is 0 Å². The molecule has 1 aliphatic rings. The molecule has 0 unspecified atom stereocenters. The third-order valence-corrected chi connectivity index (χ3v) is 1.69. The Hall–Kier alpha value is -1.29. The van der Waals surface area contributed by atoms with E-state index in [0.29, 0.717) is 5.09 Å². The van der Waals surface area contributed by atoms with E-state index >= 15 is 0 Å². The summed E-state index contributed by atoms with van der Waals surface area (Å²) in [6, 6.07) is 9.71. The molecule has 1 heterocycles. The minimum atomic E-state index is 0.554. The number of hydrogen-bond acceptors (Lipinski definition) is 4. The van der Waals surface area contributed by atoms with E-state index < -0.39 is 0 Å². The number of hydrazine groups is 1. The number of nitrogens with one attached hydrogen (secondary N) is 1. The fourth-order valence-electron chi connectivity index (χ4n) is 0.951. The maximum atomic E-state index is 5.19. The molecule has 4 heteroatoms. The SMILES string of the molecule is SC1=CNN(c2ccccc2)O1. The van der Waals surface area contributed by atoms with Crippen molar-refractivity contribution in [1.29, 1.82) is 0 Å². The maximum Gasteiger partial charge on any atom is 0.205 e. The fourth-order valence-corrected chi connectivity index (χ4v) is 1.09. The van der Waals surface area contributed by atoms with Crippen LogP contribution < -0.4 is 10.6 Å². The molecule has 0 saturated heterocycles. The van der Waals surface area contributed by atoms with Gasteiger partial charge < -0.3 is 4.84 Å². The summed E-state index contributed by atoms with van der Waals surface area (Å²) in [5, 5.41) is 2.10.